The maximum absolute atomic E-state index is 12.3. The van der Waals surface area contributed by atoms with E-state index in [1.165, 1.54) is 10.9 Å². The summed E-state index contributed by atoms with van der Waals surface area (Å²) < 4.78 is 6.73. The minimum absolute atomic E-state index is 0.0718. The van der Waals surface area contributed by atoms with Gasteiger partial charge in [-0.05, 0) is 30.3 Å². The maximum atomic E-state index is 12.3. The lowest BCUT2D eigenvalue weighted by atomic mass is 10.1. The summed E-state index contributed by atoms with van der Waals surface area (Å²) in [6, 6.07) is 10.2. The fourth-order valence-electron chi connectivity index (χ4n) is 2.29. The molecule has 8 nitrogen and oxygen atoms in total. The van der Waals surface area contributed by atoms with E-state index in [4.69, 9.17) is 9.68 Å². The lowest BCUT2D eigenvalue weighted by Crippen LogP contribution is -2.31. The molecule has 0 aliphatic carbocycles. The molecule has 1 N–H and O–H groups in total. The van der Waals surface area contributed by atoms with E-state index in [1.807, 2.05) is 6.07 Å². The molecule has 0 saturated heterocycles. The number of oxazole rings is 1. The third-order valence-electron chi connectivity index (χ3n) is 3.57. The van der Waals surface area contributed by atoms with Gasteiger partial charge in [-0.1, -0.05) is 0 Å². The van der Waals surface area contributed by atoms with Crippen LogP contribution >= 0.6 is 0 Å². The van der Waals surface area contributed by atoms with Crippen molar-refractivity contribution in [1.29, 1.82) is 5.26 Å². The molecule has 25 heavy (non-hydrogen) atoms. The van der Waals surface area contributed by atoms with Gasteiger partial charge in [-0.15, -0.1) is 0 Å². The number of nitrogens with zero attached hydrogens (tertiary/aromatic N) is 4. The number of nitrogens with one attached hydrogen (secondary N) is 1. The first kappa shape index (κ1) is 16.1. The SMILES string of the molecule is Cn1nccc1C(=O)CNC(=O)c1ncoc1-c1ccc(C#N)cc1. The molecule has 2 aromatic heterocycles. The van der Waals surface area contributed by atoms with Crippen molar-refractivity contribution in [3.63, 3.8) is 0 Å². The molecule has 2 heterocycles. The van der Waals surface area contributed by atoms with E-state index in [1.54, 1.807) is 37.4 Å². The lowest BCUT2D eigenvalue weighted by Gasteiger charge is -2.05. The van der Waals surface area contributed by atoms with Crippen LogP contribution in [0.2, 0.25) is 0 Å². The zero-order valence-electron chi connectivity index (χ0n) is 13.3. The number of carbonyl (C=O) groups excluding carboxylic acids is 2. The zero-order chi connectivity index (χ0) is 17.8. The van der Waals surface area contributed by atoms with Gasteiger partial charge in [0.05, 0.1) is 18.2 Å². The highest BCUT2D eigenvalue weighted by molar-refractivity contribution is 6.02. The Bertz CT molecular complexity index is 963. The minimum atomic E-state index is -0.524. The third kappa shape index (κ3) is 3.30. The number of hydrogen-bond donors (Lipinski definition) is 1. The summed E-state index contributed by atoms with van der Waals surface area (Å²) in [6.07, 6.45) is 2.67. The number of benzene rings is 1. The Labute approximate surface area is 142 Å². The van der Waals surface area contributed by atoms with Gasteiger partial charge < -0.3 is 9.73 Å². The van der Waals surface area contributed by atoms with Gasteiger partial charge in [-0.3, -0.25) is 14.3 Å². The van der Waals surface area contributed by atoms with E-state index < -0.39 is 5.91 Å². The second kappa shape index (κ2) is 6.80. The monoisotopic (exact) mass is 335 g/mol. The molecule has 0 fully saturated rings. The Morgan fingerprint density at radius 1 is 1.28 bits per heavy atom. The van der Waals surface area contributed by atoms with Crippen LogP contribution in [-0.2, 0) is 7.05 Å². The van der Waals surface area contributed by atoms with Crippen molar-refractivity contribution in [3.8, 4) is 17.4 Å². The summed E-state index contributed by atoms with van der Waals surface area (Å²) in [5.41, 5.74) is 1.57. The van der Waals surface area contributed by atoms with E-state index in [0.717, 1.165) is 6.39 Å². The number of rotatable bonds is 5. The molecule has 0 unspecified atom stereocenters. The Hall–Kier alpha value is -3.73. The topological polar surface area (TPSA) is 114 Å². The number of nitriles is 1. The summed E-state index contributed by atoms with van der Waals surface area (Å²) in [6.45, 7) is -0.183. The fraction of sp³-hybridized carbons (Fsp3) is 0.118. The molecule has 0 atom stereocenters. The summed E-state index contributed by atoms with van der Waals surface area (Å²) in [5.74, 6) is -0.518. The largest absolute Gasteiger partial charge is 0.443 e. The maximum Gasteiger partial charge on any atom is 0.274 e. The van der Waals surface area contributed by atoms with Crippen molar-refractivity contribution < 1.29 is 14.0 Å². The van der Waals surface area contributed by atoms with Crippen LogP contribution in [0.1, 0.15) is 26.5 Å². The number of Topliss-reactive ketones (excluding diaryl/α,β-unsaturated/α-hetero) is 1. The number of ketones is 1. The Kier molecular flexibility index (Phi) is 4.39. The second-order valence-electron chi connectivity index (χ2n) is 5.17. The van der Waals surface area contributed by atoms with Crippen molar-refractivity contribution in [2.45, 2.75) is 0 Å². The average molecular weight is 335 g/mol. The van der Waals surface area contributed by atoms with Gasteiger partial charge in [-0.2, -0.15) is 10.4 Å². The van der Waals surface area contributed by atoms with Crippen LogP contribution in [0.4, 0.5) is 0 Å². The number of aryl methyl sites for hydroxylation is 1. The second-order valence-corrected chi connectivity index (χ2v) is 5.17. The smallest absolute Gasteiger partial charge is 0.274 e. The van der Waals surface area contributed by atoms with Crippen LogP contribution in [0.15, 0.2) is 47.3 Å². The number of carbonyl (C=O) groups is 2. The van der Waals surface area contributed by atoms with Crippen molar-refractivity contribution in [3.05, 3.63) is 59.9 Å². The van der Waals surface area contributed by atoms with Crippen LogP contribution < -0.4 is 5.32 Å². The van der Waals surface area contributed by atoms with Crippen LogP contribution in [0.25, 0.3) is 11.3 Å². The predicted molar refractivity (Wildman–Crippen MR) is 86.5 cm³/mol. The van der Waals surface area contributed by atoms with Gasteiger partial charge >= 0.3 is 0 Å². The fourth-order valence-corrected chi connectivity index (χ4v) is 2.29. The van der Waals surface area contributed by atoms with Crippen LogP contribution in [0.3, 0.4) is 0 Å². The van der Waals surface area contributed by atoms with Crippen molar-refractivity contribution in [1.82, 2.24) is 20.1 Å². The molecule has 8 heteroatoms. The molecule has 3 aromatic rings. The molecule has 1 amide bonds. The van der Waals surface area contributed by atoms with Gasteiger partial charge in [0.25, 0.3) is 5.91 Å². The van der Waals surface area contributed by atoms with Crippen LogP contribution in [-0.4, -0.2) is 33.0 Å². The highest BCUT2D eigenvalue weighted by Crippen LogP contribution is 2.23. The number of hydrogen-bond acceptors (Lipinski definition) is 6. The van der Waals surface area contributed by atoms with Crippen molar-refractivity contribution in [2.75, 3.05) is 6.54 Å². The summed E-state index contributed by atoms with van der Waals surface area (Å²) in [5, 5.41) is 15.3. The molecular weight excluding hydrogens is 322 g/mol. The molecule has 0 bridgehead atoms. The molecule has 0 radical (unpaired) electrons. The van der Waals surface area contributed by atoms with Gasteiger partial charge in [0.2, 0.25) is 0 Å². The molecule has 0 spiro atoms. The van der Waals surface area contributed by atoms with E-state index in [2.05, 4.69) is 15.4 Å². The standard InChI is InChI=1S/C17H13N5O3/c1-22-13(6-7-21-22)14(23)9-19-17(24)15-16(25-10-20-15)12-4-2-11(8-18)3-5-12/h2-7,10H,9H2,1H3,(H,19,24). The molecule has 1 aromatic carbocycles. The molecule has 0 aliphatic rings. The zero-order valence-corrected chi connectivity index (χ0v) is 13.3. The van der Waals surface area contributed by atoms with E-state index in [-0.39, 0.29) is 23.8 Å². The van der Waals surface area contributed by atoms with Crippen LogP contribution in [0.5, 0.6) is 0 Å². The van der Waals surface area contributed by atoms with Crippen molar-refractivity contribution >= 4 is 11.7 Å². The number of aromatic nitrogens is 3. The molecule has 124 valence electrons. The third-order valence-corrected chi connectivity index (χ3v) is 3.57. The first-order valence-corrected chi connectivity index (χ1v) is 7.33. The Balaban J connectivity index is 1.73. The summed E-state index contributed by atoms with van der Waals surface area (Å²) in [7, 11) is 1.65. The molecule has 3 rings (SSSR count). The van der Waals surface area contributed by atoms with Gasteiger partial charge in [0.15, 0.2) is 23.6 Å². The first-order chi connectivity index (χ1) is 12.1. The van der Waals surface area contributed by atoms with Gasteiger partial charge in [0, 0.05) is 18.8 Å². The quantitative estimate of drug-likeness (QED) is 0.708. The minimum Gasteiger partial charge on any atom is -0.443 e. The van der Waals surface area contributed by atoms with E-state index in [0.29, 0.717) is 16.8 Å². The highest BCUT2D eigenvalue weighted by atomic mass is 16.3. The van der Waals surface area contributed by atoms with Crippen LogP contribution in [0, 0.1) is 11.3 Å². The Morgan fingerprint density at radius 2 is 2.04 bits per heavy atom. The summed E-state index contributed by atoms with van der Waals surface area (Å²) in [4.78, 5) is 28.3. The normalized spacial score (nSPS) is 10.2. The molecular formula is C17H13N5O3. The van der Waals surface area contributed by atoms with E-state index >= 15 is 0 Å². The van der Waals surface area contributed by atoms with Crippen molar-refractivity contribution in [2.24, 2.45) is 7.05 Å². The highest BCUT2D eigenvalue weighted by Gasteiger charge is 2.19. The Morgan fingerprint density at radius 3 is 2.68 bits per heavy atom. The lowest BCUT2D eigenvalue weighted by molar-refractivity contribution is 0.0897. The average Bonchev–Trinajstić information content (AvgIpc) is 3.28. The molecule has 0 aliphatic heterocycles. The van der Waals surface area contributed by atoms with Gasteiger partial charge in [0.1, 0.15) is 5.69 Å². The van der Waals surface area contributed by atoms with Gasteiger partial charge in [-0.25, -0.2) is 4.98 Å². The van der Waals surface area contributed by atoms with E-state index in [9.17, 15) is 9.59 Å². The molecule has 0 saturated carbocycles. The summed E-state index contributed by atoms with van der Waals surface area (Å²) >= 11 is 0. The number of amides is 1. The first-order valence-electron chi connectivity index (χ1n) is 7.33. The predicted octanol–water partition coefficient (Wildman–Crippen LogP) is 1.56.